The molecule has 0 amide bonds. The average Bonchev–Trinajstić information content (AvgIpc) is 2.95. The van der Waals surface area contributed by atoms with Crippen molar-refractivity contribution < 1.29 is 4.74 Å². The van der Waals surface area contributed by atoms with Crippen LogP contribution in [0.5, 0.6) is 5.75 Å². The zero-order valence-electron chi connectivity index (χ0n) is 9.55. The van der Waals surface area contributed by atoms with Crippen LogP contribution in [0, 0.1) is 0 Å². The van der Waals surface area contributed by atoms with E-state index >= 15 is 0 Å². The van der Waals surface area contributed by atoms with Crippen molar-refractivity contribution in [1.82, 2.24) is 15.2 Å². The third kappa shape index (κ3) is 1.78. The Labute approximate surface area is 99.0 Å². The van der Waals surface area contributed by atoms with Gasteiger partial charge in [0.15, 0.2) is 17.8 Å². The molecule has 17 heavy (non-hydrogen) atoms. The zero-order chi connectivity index (χ0) is 11.8. The molecule has 2 heterocycles. The second kappa shape index (κ2) is 3.85. The van der Waals surface area contributed by atoms with Gasteiger partial charge in [-0.25, -0.2) is 4.98 Å². The highest BCUT2D eigenvalue weighted by Crippen LogP contribution is 2.34. The van der Waals surface area contributed by atoms with Gasteiger partial charge in [-0.05, 0) is 18.6 Å². The minimum absolute atomic E-state index is 0.0765. The van der Waals surface area contributed by atoms with Crippen molar-refractivity contribution in [2.45, 2.75) is 25.5 Å². The fraction of sp³-hybridized carbons (Fsp3) is 0.333. The first-order valence-electron chi connectivity index (χ1n) is 5.66. The number of nitrogens with two attached hydrogens (primary N) is 1. The number of hydrogen-bond acceptors (Lipinski definition) is 4. The van der Waals surface area contributed by atoms with Crippen LogP contribution in [0.4, 0.5) is 0 Å². The van der Waals surface area contributed by atoms with Crippen molar-refractivity contribution in [1.29, 1.82) is 0 Å². The Balaban J connectivity index is 1.84. The van der Waals surface area contributed by atoms with Gasteiger partial charge in [0, 0.05) is 6.42 Å². The molecular weight excluding hydrogens is 216 g/mol. The van der Waals surface area contributed by atoms with E-state index in [1.165, 1.54) is 5.56 Å². The lowest BCUT2D eigenvalue weighted by atomic mass is 10.1. The molecule has 0 saturated carbocycles. The third-order valence-electron chi connectivity index (χ3n) is 2.88. The minimum Gasteiger partial charge on any atom is -0.482 e. The Morgan fingerprint density at radius 2 is 2.29 bits per heavy atom. The lowest BCUT2D eigenvalue weighted by molar-refractivity contribution is 0.228. The molecule has 1 aromatic heterocycles. The van der Waals surface area contributed by atoms with Crippen LogP contribution in [0.2, 0.25) is 0 Å². The van der Waals surface area contributed by atoms with Crippen molar-refractivity contribution >= 4 is 0 Å². The Morgan fingerprint density at radius 1 is 1.47 bits per heavy atom. The molecule has 2 unspecified atom stereocenters. The second-order valence-corrected chi connectivity index (χ2v) is 4.29. The summed E-state index contributed by atoms with van der Waals surface area (Å²) >= 11 is 0. The van der Waals surface area contributed by atoms with Gasteiger partial charge in [0.25, 0.3) is 0 Å². The van der Waals surface area contributed by atoms with Gasteiger partial charge in [-0.2, -0.15) is 5.10 Å². The SMILES string of the molecule is CC(N)c1n[nH]c(C2Cc3ccccc3O2)n1. The number of fused-ring (bicyclic) bond motifs is 1. The Bertz CT molecular complexity index is 510. The van der Waals surface area contributed by atoms with Crippen LogP contribution in [0.1, 0.15) is 36.3 Å². The smallest absolute Gasteiger partial charge is 0.167 e. The van der Waals surface area contributed by atoms with Crippen molar-refractivity contribution in [3.63, 3.8) is 0 Å². The van der Waals surface area contributed by atoms with E-state index in [0.717, 1.165) is 18.0 Å². The van der Waals surface area contributed by atoms with Crippen LogP contribution in [0.3, 0.4) is 0 Å². The normalized spacial score (nSPS) is 19.8. The number of hydrogen-bond donors (Lipinski definition) is 2. The number of benzene rings is 1. The van der Waals surface area contributed by atoms with Crippen LogP contribution >= 0.6 is 0 Å². The molecule has 5 nitrogen and oxygen atoms in total. The molecule has 1 aliphatic rings. The Kier molecular flexibility index (Phi) is 2.33. The van der Waals surface area contributed by atoms with Gasteiger partial charge in [0.2, 0.25) is 0 Å². The van der Waals surface area contributed by atoms with Gasteiger partial charge in [0.1, 0.15) is 5.75 Å². The molecule has 0 bridgehead atoms. The molecule has 0 aliphatic carbocycles. The predicted molar refractivity (Wildman–Crippen MR) is 62.5 cm³/mol. The number of rotatable bonds is 2. The van der Waals surface area contributed by atoms with E-state index in [1.807, 2.05) is 25.1 Å². The number of nitrogens with zero attached hydrogens (tertiary/aromatic N) is 2. The highest BCUT2D eigenvalue weighted by molar-refractivity contribution is 5.37. The zero-order valence-corrected chi connectivity index (χ0v) is 9.55. The van der Waals surface area contributed by atoms with E-state index in [4.69, 9.17) is 10.5 Å². The summed E-state index contributed by atoms with van der Waals surface area (Å²) in [5.74, 6) is 2.30. The molecule has 2 aromatic rings. The predicted octanol–water partition coefficient (Wildman–Crippen LogP) is 1.50. The molecule has 88 valence electrons. The van der Waals surface area contributed by atoms with E-state index < -0.39 is 0 Å². The van der Waals surface area contributed by atoms with Crippen LogP contribution in [-0.4, -0.2) is 15.2 Å². The lowest BCUT2D eigenvalue weighted by Crippen LogP contribution is -2.08. The van der Waals surface area contributed by atoms with Gasteiger partial charge in [-0.3, -0.25) is 5.10 Å². The van der Waals surface area contributed by atoms with Gasteiger partial charge in [-0.15, -0.1) is 0 Å². The number of aromatic nitrogens is 3. The maximum atomic E-state index is 5.81. The maximum absolute atomic E-state index is 5.81. The van der Waals surface area contributed by atoms with Crippen LogP contribution < -0.4 is 10.5 Å². The summed E-state index contributed by atoms with van der Waals surface area (Å²) < 4.78 is 5.81. The van der Waals surface area contributed by atoms with Gasteiger partial charge >= 0.3 is 0 Å². The topological polar surface area (TPSA) is 76.8 Å². The number of para-hydroxylation sites is 1. The van der Waals surface area contributed by atoms with Crippen LogP contribution in [0.25, 0.3) is 0 Å². The van der Waals surface area contributed by atoms with E-state index in [1.54, 1.807) is 0 Å². The standard InChI is InChI=1S/C12H14N4O/c1-7(13)11-14-12(16-15-11)10-6-8-4-2-3-5-9(8)17-10/h2-5,7,10H,6,13H2,1H3,(H,14,15,16). The quantitative estimate of drug-likeness (QED) is 0.819. The number of H-pyrrole nitrogens is 1. The number of nitrogens with one attached hydrogen (secondary N) is 1. The van der Waals surface area contributed by atoms with Crippen LogP contribution in [0.15, 0.2) is 24.3 Å². The molecule has 5 heteroatoms. The molecule has 3 N–H and O–H groups in total. The third-order valence-corrected chi connectivity index (χ3v) is 2.88. The molecular formula is C12H14N4O. The monoisotopic (exact) mass is 230 g/mol. The lowest BCUT2D eigenvalue weighted by Gasteiger charge is -2.06. The molecule has 3 rings (SSSR count). The second-order valence-electron chi connectivity index (χ2n) is 4.29. The van der Waals surface area contributed by atoms with Crippen molar-refractivity contribution in [3.8, 4) is 5.75 Å². The summed E-state index contributed by atoms with van der Waals surface area (Å²) in [6, 6.07) is 7.85. The molecule has 1 aliphatic heterocycles. The summed E-state index contributed by atoms with van der Waals surface area (Å²) in [4.78, 5) is 4.36. The van der Waals surface area contributed by atoms with Gasteiger partial charge < -0.3 is 10.5 Å². The average molecular weight is 230 g/mol. The van der Waals surface area contributed by atoms with E-state index in [9.17, 15) is 0 Å². The summed E-state index contributed by atoms with van der Waals surface area (Å²) in [5.41, 5.74) is 6.93. The molecule has 0 radical (unpaired) electrons. The summed E-state index contributed by atoms with van der Waals surface area (Å²) in [5, 5.41) is 6.98. The van der Waals surface area contributed by atoms with Crippen molar-refractivity contribution in [2.75, 3.05) is 0 Å². The molecule has 2 atom stereocenters. The fourth-order valence-corrected chi connectivity index (χ4v) is 1.97. The van der Waals surface area contributed by atoms with Crippen LogP contribution in [-0.2, 0) is 6.42 Å². The van der Waals surface area contributed by atoms with E-state index in [0.29, 0.717) is 5.82 Å². The first-order chi connectivity index (χ1) is 8.24. The van der Waals surface area contributed by atoms with Gasteiger partial charge in [0.05, 0.1) is 6.04 Å². The van der Waals surface area contributed by atoms with Crippen molar-refractivity contribution in [3.05, 3.63) is 41.5 Å². The fourth-order valence-electron chi connectivity index (χ4n) is 1.97. The highest BCUT2D eigenvalue weighted by Gasteiger charge is 2.27. The van der Waals surface area contributed by atoms with E-state index in [-0.39, 0.29) is 12.1 Å². The number of aromatic amines is 1. The minimum atomic E-state index is -0.163. The van der Waals surface area contributed by atoms with Crippen molar-refractivity contribution in [2.24, 2.45) is 5.73 Å². The molecule has 1 aromatic carbocycles. The Morgan fingerprint density at radius 3 is 3.00 bits per heavy atom. The Hall–Kier alpha value is -1.88. The summed E-state index contributed by atoms with van der Waals surface area (Å²) in [6.45, 7) is 1.86. The van der Waals surface area contributed by atoms with Gasteiger partial charge in [-0.1, -0.05) is 18.2 Å². The number of ether oxygens (including phenoxy) is 1. The molecule has 0 saturated heterocycles. The first kappa shape index (κ1) is 10.3. The summed E-state index contributed by atoms with van der Waals surface area (Å²) in [6.07, 6.45) is 0.747. The molecule has 0 spiro atoms. The summed E-state index contributed by atoms with van der Waals surface area (Å²) in [7, 11) is 0. The maximum Gasteiger partial charge on any atom is 0.167 e. The molecule has 0 fully saturated rings. The largest absolute Gasteiger partial charge is 0.482 e. The first-order valence-corrected chi connectivity index (χ1v) is 5.66. The van der Waals surface area contributed by atoms with E-state index in [2.05, 4.69) is 21.2 Å². The highest BCUT2D eigenvalue weighted by atomic mass is 16.5.